The molecule has 21 heavy (non-hydrogen) atoms. The van der Waals surface area contributed by atoms with Crippen molar-refractivity contribution in [3.05, 3.63) is 0 Å². The number of carbonyl (C=O) groups excluding carboxylic acids is 1. The summed E-state index contributed by atoms with van der Waals surface area (Å²) in [5.41, 5.74) is -0.335. The second-order valence-corrected chi connectivity index (χ2v) is 10.8. The van der Waals surface area contributed by atoms with Crippen LogP contribution in [0.4, 0.5) is 4.39 Å². The van der Waals surface area contributed by atoms with Crippen LogP contribution < -0.4 is 0 Å². The molecule has 1 unspecified atom stereocenters. The molecule has 0 aliphatic carbocycles. The Morgan fingerprint density at radius 2 is 2.00 bits per heavy atom. The number of carbonyl (C=O) groups is 1. The number of ether oxygens (including phenoxy) is 2. The van der Waals surface area contributed by atoms with Gasteiger partial charge in [-0.3, -0.25) is 4.79 Å². The molecule has 0 bridgehead atoms. The minimum Gasteiger partial charge on any atom is -0.350 e. The summed E-state index contributed by atoms with van der Waals surface area (Å²) in [6.07, 6.45) is -1.67. The molecular formula is C15H28FNO3Si. The minimum absolute atomic E-state index is 0.0418. The second kappa shape index (κ2) is 5.32. The molecule has 122 valence electrons. The van der Waals surface area contributed by atoms with Crippen molar-refractivity contribution >= 4 is 14.7 Å². The van der Waals surface area contributed by atoms with Crippen LogP contribution in [0.25, 0.3) is 0 Å². The molecule has 0 spiro atoms. The molecule has 6 heteroatoms. The van der Waals surface area contributed by atoms with Crippen LogP contribution in [0.1, 0.15) is 34.6 Å². The smallest absolute Gasteiger partial charge is 0.231 e. The quantitative estimate of drug-likeness (QED) is 0.592. The molecule has 0 N–H and O–H groups in total. The lowest BCUT2D eigenvalue weighted by Gasteiger charge is -2.64. The summed E-state index contributed by atoms with van der Waals surface area (Å²) >= 11 is 0. The van der Waals surface area contributed by atoms with E-state index in [-0.39, 0.29) is 29.9 Å². The van der Waals surface area contributed by atoms with Crippen LogP contribution >= 0.6 is 0 Å². The van der Waals surface area contributed by atoms with Gasteiger partial charge in [-0.25, -0.2) is 4.39 Å². The highest BCUT2D eigenvalue weighted by Crippen LogP contribution is 2.57. The third-order valence-electron chi connectivity index (χ3n) is 4.91. The van der Waals surface area contributed by atoms with Gasteiger partial charge in [0, 0.05) is 5.54 Å². The molecule has 2 aliphatic heterocycles. The Bertz CT molecular complexity index is 414. The van der Waals surface area contributed by atoms with Gasteiger partial charge in [0.05, 0.1) is 26.5 Å². The molecule has 2 rings (SSSR count). The molecule has 2 fully saturated rings. The Hall–Kier alpha value is -0.463. The van der Waals surface area contributed by atoms with E-state index in [1.165, 1.54) is 6.92 Å². The predicted molar refractivity (Wildman–Crippen MR) is 82.8 cm³/mol. The van der Waals surface area contributed by atoms with Crippen molar-refractivity contribution in [2.45, 2.75) is 82.9 Å². The number of hydrogen-bond acceptors (Lipinski definition) is 3. The number of rotatable bonds is 3. The van der Waals surface area contributed by atoms with Crippen LogP contribution in [0, 0.1) is 0 Å². The fraction of sp³-hybridized carbons (Fsp3) is 0.933. The summed E-state index contributed by atoms with van der Waals surface area (Å²) in [6.45, 7) is 13.9. The Morgan fingerprint density at radius 3 is 2.33 bits per heavy atom. The monoisotopic (exact) mass is 317 g/mol. The maximum Gasteiger partial charge on any atom is 0.231 e. The van der Waals surface area contributed by atoms with Crippen LogP contribution in [0.15, 0.2) is 0 Å². The van der Waals surface area contributed by atoms with Crippen LogP contribution in [0.2, 0.25) is 18.1 Å². The largest absolute Gasteiger partial charge is 0.350 e. The zero-order valence-electron chi connectivity index (χ0n) is 14.1. The fourth-order valence-electron chi connectivity index (χ4n) is 3.98. The molecule has 0 aromatic rings. The third kappa shape index (κ3) is 2.35. The van der Waals surface area contributed by atoms with Gasteiger partial charge in [-0.1, -0.05) is 13.1 Å². The first-order chi connectivity index (χ1) is 9.54. The summed E-state index contributed by atoms with van der Waals surface area (Å²) in [5.74, 6) is -0.0418. The van der Waals surface area contributed by atoms with Crippen molar-refractivity contribution in [1.29, 1.82) is 0 Å². The lowest BCUT2D eigenvalue weighted by atomic mass is 9.76. The molecular weight excluding hydrogens is 289 g/mol. The zero-order valence-corrected chi connectivity index (χ0v) is 15.3. The Kier molecular flexibility index (Phi) is 4.28. The zero-order chi connectivity index (χ0) is 16.2. The van der Waals surface area contributed by atoms with E-state index in [0.29, 0.717) is 6.61 Å². The van der Waals surface area contributed by atoms with Crippen molar-refractivity contribution in [2.24, 2.45) is 0 Å². The van der Waals surface area contributed by atoms with Gasteiger partial charge >= 0.3 is 0 Å². The van der Waals surface area contributed by atoms with E-state index in [1.54, 1.807) is 0 Å². The summed E-state index contributed by atoms with van der Waals surface area (Å²) in [7, 11) is -1.58. The van der Waals surface area contributed by atoms with Gasteiger partial charge in [-0.05, 0) is 34.6 Å². The highest BCUT2D eigenvalue weighted by molar-refractivity contribution is 6.66. The minimum atomic E-state index is -1.58. The average Bonchev–Trinajstić information content (AvgIpc) is 2.69. The molecule has 0 aromatic carbocycles. The van der Waals surface area contributed by atoms with Gasteiger partial charge in [0.25, 0.3) is 0 Å². The average molecular weight is 317 g/mol. The van der Waals surface area contributed by atoms with E-state index in [4.69, 9.17) is 9.47 Å². The number of hydrogen-bond donors (Lipinski definition) is 0. The molecule has 2 aliphatic rings. The van der Waals surface area contributed by atoms with Gasteiger partial charge in [-0.2, -0.15) is 0 Å². The summed E-state index contributed by atoms with van der Waals surface area (Å²) in [4.78, 5) is 14.7. The van der Waals surface area contributed by atoms with E-state index in [9.17, 15) is 9.18 Å². The van der Waals surface area contributed by atoms with Gasteiger partial charge < -0.3 is 14.4 Å². The first-order valence-electron chi connectivity index (χ1n) is 7.79. The summed E-state index contributed by atoms with van der Waals surface area (Å²) < 4.78 is 25.9. The van der Waals surface area contributed by atoms with E-state index in [2.05, 4.69) is 13.1 Å². The van der Waals surface area contributed by atoms with Crippen molar-refractivity contribution in [2.75, 3.05) is 6.61 Å². The van der Waals surface area contributed by atoms with E-state index >= 15 is 0 Å². The number of β-lactam (4-membered cyclic amide) rings is 1. The molecule has 2 saturated heterocycles. The van der Waals surface area contributed by atoms with Crippen LogP contribution in [0.5, 0.6) is 0 Å². The molecule has 5 atom stereocenters. The molecule has 1 amide bonds. The molecule has 4 nitrogen and oxygen atoms in total. The first-order valence-corrected chi connectivity index (χ1v) is 10.7. The number of nitrogens with zero attached hydrogens (tertiary/aromatic N) is 1. The maximum atomic E-state index is 14.6. The molecule has 0 saturated carbocycles. The van der Waals surface area contributed by atoms with E-state index in [0.717, 1.165) is 0 Å². The van der Waals surface area contributed by atoms with Crippen molar-refractivity contribution in [3.8, 4) is 0 Å². The molecule has 2 heterocycles. The lowest BCUT2D eigenvalue weighted by Crippen LogP contribution is -2.78. The number of likely N-dealkylation sites (tertiary alicyclic amines) is 1. The standard InChI is InChI=1S/C15H28FNO3Si/c1-9(16)15(21(6)7)12(11-8-19-10(2)20-11)17(13(15)18)14(3,4)5/h9-12,21H,8H2,1-7H3/t9-,10?,11-,12+,15-/m1/s1. The Balaban J connectivity index is 2.43. The lowest BCUT2D eigenvalue weighted by molar-refractivity contribution is -0.181. The first kappa shape index (κ1) is 16.9. The Morgan fingerprint density at radius 1 is 1.43 bits per heavy atom. The van der Waals surface area contributed by atoms with Gasteiger partial charge in [0.15, 0.2) is 6.29 Å². The number of alkyl halides is 1. The van der Waals surface area contributed by atoms with E-state index in [1.807, 2.05) is 32.6 Å². The van der Waals surface area contributed by atoms with Crippen molar-refractivity contribution < 1.29 is 18.7 Å². The predicted octanol–water partition coefficient (Wildman–Crippen LogP) is 2.34. The number of amides is 1. The van der Waals surface area contributed by atoms with Gasteiger partial charge in [0.1, 0.15) is 12.3 Å². The summed E-state index contributed by atoms with van der Waals surface area (Å²) in [6, 6.07) is -0.221. The Labute approximate surface area is 128 Å². The van der Waals surface area contributed by atoms with E-state index < -0.39 is 20.0 Å². The number of halogens is 1. The topological polar surface area (TPSA) is 38.8 Å². The normalized spacial score (nSPS) is 38.8. The van der Waals surface area contributed by atoms with Gasteiger partial charge in [-0.15, -0.1) is 0 Å². The van der Waals surface area contributed by atoms with Crippen LogP contribution in [-0.4, -0.2) is 56.4 Å². The molecule has 0 aromatic heterocycles. The SMILES string of the molecule is CC1OC[C@H]([C@@H]2N(C(C)(C)C)C(=O)[C@]2([C@@H](C)F)[SiH](C)C)O1. The fourth-order valence-corrected chi connectivity index (χ4v) is 6.58. The summed E-state index contributed by atoms with van der Waals surface area (Å²) in [5, 5.41) is -0.870. The third-order valence-corrected chi connectivity index (χ3v) is 7.87. The van der Waals surface area contributed by atoms with Gasteiger partial charge in [0.2, 0.25) is 5.91 Å². The second-order valence-electron chi connectivity index (χ2n) is 7.57. The highest BCUT2D eigenvalue weighted by Gasteiger charge is 2.70. The molecule has 0 radical (unpaired) electrons. The van der Waals surface area contributed by atoms with Crippen molar-refractivity contribution in [3.63, 3.8) is 0 Å². The van der Waals surface area contributed by atoms with Crippen molar-refractivity contribution in [1.82, 2.24) is 4.90 Å². The maximum absolute atomic E-state index is 14.6. The van der Waals surface area contributed by atoms with Crippen LogP contribution in [-0.2, 0) is 14.3 Å². The van der Waals surface area contributed by atoms with Crippen LogP contribution in [0.3, 0.4) is 0 Å². The highest BCUT2D eigenvalue weighted by atomic mass is 28.3.